The molecule has 0 unspecified atom stereocenters. The van der Waals surface area contributed by atoms with Crippen LogP contribution in [0, 0.1) is 20.8 Å². The maximum atomic E-state index is 12.6. The van der Waals surface area contributed by atoms with Crippen molar-refractivity contribution in [3.05, 3.63) is 74.7 Å². The third-order valence-electron chi connectivity index (χ3n) is 4.35. The van der Waals surface area contributed by atoms with Crippen LogP contribution in [-0.2, 0) is 11.3 Å². The van der Waals surface area contributed by atoms with Crippen LogP contribution >= 0.6 is 11.6 Å². The topological polar surface area (TPSA) is 85.2 Å². The van der Waals surface area contributed by atoms with Crippen LogP contribution in [0.15, 0.2) is 47.3 Å². The minimum Gasteiger partial charge on any atom is -0.495 e. The highest BCUT2D eigenvalue weighted by Crippen LogP contribution is 2.27. The van der Waals surface area contributed by atoms with Crippen LogP contribution in [-0.4, -0.2) is 22.6 Å². The fraction of sp³-hybridized carbons (Fsp3) is 0.227. The SMILES string of the molecule is COc1ccc(NC(=O)Cn2c(Nc3cc(C)cc(C)c3)nc(C)cc2=O)cc1Cl. The lowest BCUT2D eigenvalue weighted by molar-refractivity contribution is -0.116. The van der Waals surface area contributed by atoms with Gasteiger partial charge in [0, 0.05) is 23.1 Å². The Morgan fingerprint density at radius 3 is 2.40 bits per heavy atom. The maximum Gasteiger partial charge on any atom is 0.255 e. The summed E-state index contributed by atoms with van der Waals surface area (Å²) in [6.45, 7) is 5.51. The Morgan fingerprint density at radius 2 is 1.77 bits per heavy atom. The molecule has 3 aromatic rings. The number of benzene rings is 2. The van der Waals surface area contributed by atoms with Gasteiger partial charge in [-0.1, -0.05) is 17.7 Å². The number of rotatable bonds is 6. The molecule has 2 N–H and O–H groups in total. The van der Waals surface area contributed by atoms with Crippen molar-refractivity contribution in [3.8, 4) is 5.75 Å². The summed E-state index contributed by atoms with van der Waals surface area (Å²) in [4.78, 5) is 29.6. The molecule has 0 aliphatic heterocycles. The smallest absolute Gasteiger partial charge is 0.255 e. The minimum atomic E-state index is -0.382. The molecule has 1 heterocycles. The number of ether oxygens (including phenoxy) is 1. The van der Waals surface area contributed by atoms with Crippen LogP contribution in [0.5, 0.6) is 5.75 Å². The van der Waals surface area contributed by atoms with E-state index < -0.39 is 0 Å². The normalized spacial score (nSPS) is 10.6. The molecule has 156 valence electrons. The van der Waals surface area contributed by atoms with Gasteiger partial charge in [0.05, 0.1) is 12.1 Å². The zero-order valence-corrected chi connectivity index (χ0v) is 18.0. The second kappa shape index (κ2) is 9.00. The van der Waals surface area contributed by atoms with Crippen LogP contribution in [0.1, 0.15) is 16.8 Å². The molecule has 0 bridgehead atoms. The second-order valence-electron chi connectivity index (χ2n) is 7.04. The van der Waals surface area contributed by atoms with Gasteiger partial charge in [0.15, 0.2) is 0 Å². The molecule has 1 aromatic heterocycles. The molecule has 8 heteroatoms. The summed E-state index contributed by atoms with van der Waals surface area (Å²) in [7, 11) is 1.51. The van der Waals surface area contributed by atoms with E-state index in [1.807, 2.05) is 26.0 Å². The van der Waals surface area contributed by atoms with Gasteiger partial charge in [0.1, 0.15) is 12.3 Å². The van der Waals surface area contributed by atoms with Crippen molar-refractivity contribution < 1.29 is 9.53 Å². The molecule has 0 aliphatic carbocycles. The van der Waals surface area contributed by atoms with Crippen LogP contribution in [0.4, 0.5) is 17.3 Å². The average Bonchev–Trinajstić information content (AvgIpc) is 2.64. The molecule has 0 fully saturated rings. The molecule has 2 aromatic carbocycles. The number of amides is 1. The number of hydrogen-bond donors (Lipinski definition) is 2. The van der Waals surface area contributed by atoms with Gasteiger partial charge >= 0.3 is 0 Å². The van der Waals surface area contributed by atoms with Crippen LogP contribution in [0.3, 0.4) is 0 Å². The summed E-state index contributed by atoms with van der Waals surface area (Å²) < 4.78 is 6.41. The summed E-state index contributed by atoms with van der Waals surface area (Å²) >= 11 is 6.11. The van der Waals surface area contributed by atoms with Gasteiger partial charge in [-0.25, -0.2) is 4.98 Å². The van der Waals surface area contributed by atoms with Gasteiger partial charge < -0.3 is 15.4 Å². The molecular weight excluding hydrogens is 404 g/mol. The van der Waals surface area contributed by atoms with Crippen LogP contribution in [0.25, 0.3) is 0 Å². The third kappa shape index (κ3) is 5.18. The number of anilines is 3. The Balaban J connectivity index is 1.85. The van der Waals surface area contributed by atoms with Gasteiger partial charge in [-0.3, -0.25) is 14.2 Å². The number of nitrogens with zero attached hydrogens (tertiary/aromatic N) is 2. The number of aromatic nitrogens is 2. The van der Waals surface area contributed by atoms with Gasteiger partial charge in [0.25, 0.3) is 5.56 Å². The molecule has 0 saturated carbocycles. The Kier molecular flexibility index (Phi) is 6.42. The van der Waals surface area contributed by atoms with Crippen molar-refractivity contribution >= 4 is 34.8 Å². The van der Waals surface area contributed by atoms with Crippen molar-refractivity contribution in [1.29, 1.82) is 0 Å². The lowest BCUT2D eigenvalue weighted by Crippen LogP contribution is -2.30. The van der Waals surface area contributed by atoms with E-state index >= 15 is 0 Å². The Hall–Kier alpha value is -3.32. The largest absolute Gasteiger partial charge is 0.495 e. The molecule has 7 nitrogen and oxygen atoms in total. The van der Waals surface area contributed by atoms with E-state index in [2.05, 4.69) is 21.7 Å². The molecule has 0 atom stereocenters. The van der Waals surface area contributed by atoms with E-state index in [4.69, 9.17) is 16.3 Å². The molecule has 3 rings (SSSR count). The van der Waals surface area contributed by atoms with E-state index in [1.165, 1.54) is 17.7 Å². The van der Waals surface area contributed by atoms with Gasteiger partial charge in [-0.15, -0.1) is 0 Å². The first-order valence-electron chi connectivity index (χ1n) is 9.32. The van der Waals surface area contributed by atoms with E-state index in [9.17, 15) is 9.59 Å². The molecule has 1 amide bonds. The maximum absolute atomic E-state index is 12.6. The molecular formula is C22H23ClN4O3. The van der Waals surface area contributed by atoms with E-state index in [0.717, 1.165) is 16.8 Å². The average molecular weight is 427 g/mol. The molecule has 30 heavy (non-hydrogen) atoms. The molecule has 0 aliphatic rings. The predicted octanol–water partition coefficient (Wildman–Crippen LogP) is 4.21. The lowest BCUT2D eigenvalue weighted by Gasteiger charge is -2.15. The fourth-order valence-corrected chi connectivity index (χ4v) is 3.39. The first-order valence-corrected chi connectivity index (χ1v) is 9.70. The standard InChI is InChI=1S/C22H23ClN4O3/c1-13-7-14(2)9-17(8-13)26-22-24-15(3)10-21(29)27(22)12-20(28)25-16-5-6-19(30-4)18(23)11-16/h5-11H,12H2,1-4H3,(H,24,26)(H,25,28). The van der Waals surface area contributed by atoms with Crippen molar-refractivity contribution in [1.82, 2.24) is 9.55 Å². The predicted molar refractivity (Wildman–Crippen MR) is 119 cm³/mol. The highest BCUT2D eigenvalue weighted by Gasteiger charge is 2.13. The van der Waals surface area contributed by atoms with Crippen molar-refractivity contribution in [3.63, 3.8) is 0 Å². The fourth-order valence-electron chi connectivity index (χ4n) is 3.13. The number of hydrogen-bond acceptors (Lipinski definition) is 5. The number of carbonyl (C=O) groups is 1. The number of methoxy groups -OCH3 is 1. The second-order valence-corrected chi connectivity index (χ2v) is 7.45. The molecule has 0 radical (unpaired) electrons. The summed E-state index contributed by atoms with van der Waals surface area (Å²) in [6, 6.07) is 12.3. The van der Waals surface area contributed by atoms with Crippen molar-refractivity contribution in [2.75, 3.05) is 17.7 Å². The number of halogens is 1. The van der Waals surface area contributed by atoms with Gasteiger partial charge in [-0.05, 0) is 62.2 Å². The summed E-state index contributed by atoms with van der Waals surface area (Å²) in [6.07, 6.45) is 0. The van der Waals surface area contributed by atoms with E-state index in [-0.39, 0.29) is 18.0 Å². The number of carbonyl (C=O) groups excluding carboxylic acids is 1. The van der Waals surface area contributed by atoms with E-state index in [0.29, 0.717) is 28.1 Å². The summed E-state index contributed by atoms with van der Waals surface area (Å²) in [5.41, 5.74) is 3.69. The van der Waals surface area contributed by atoms with Crippen molar-refractivity contribution in [2.24, 2.45) is 0 Å². The first kappa shape index (κ1) is 21.4. The highest BCUT2D eigenvalue weighted by molar-refractivity contribution is 6.32. The minimum absolute atomic E-state index is 0.205. The quantitative estimate of drug-likeness (QED) is 0.616. The molecule has 0 saturated heterocycles. The van der Waals surface area contributed by atoms with Crippen LogP contribution in [0.2, 0.25) is 5.02 Å². The summed E-state index contributed by atoms with van der Waals surface area (Å²) in [5.74, 6) is 0.425. The Morgan fingerprint density at radius 1 is 1.07 bits per heavy atom. The Labute approximate surface area is 179 Å². The zero-order valence-electron chi connectivity index (χ0n) is 17.2. The van der Waals surface area contributed by atoms with E-state index in [1.54, 1.807) is 25.1 Å². The zero-order chi connectivity index (χ0) is 21.8. The van der Waals surface area contributed by atoms with Gasteiger partial charge in [-0.2, -0.15) is 0 Å². The monoisotopic (exact) mass is 426 g/mol. The summed E-state index contributed by atoms with van der Waals surface area (Å²) in [5, 5.41) is 6.28. The van der Waals surface area contributed by atoms with Crippen LogP contribution < -0.4 is 20.9 Å². The number of nitrogens with one attached hydrogen (secondary N) is 2. The Bertz CT molecular complexity index is 1140. The van der Waals surface area contributed by atoms with Crippen molar-refractivity contribution in [2.45, 2.75) is 27.3 Å². The lowest BCUT2D eigenvalue weighted by atomic mass is 10.1. The first-order chi connectivity index (χ1) is 14.2. The highest BCUT2D eigenvalue weighted by atomic mass is 35.5. The molecule has 0 spiro atoms. The number of aryl methyl sites for hydroxylation is 3. The van der Waals surface area contributed by atoms with Gasteiger partial charge in [0.2, 0.25) is 11.9 Å². The third-order valence-corrected chi connectivity index (χ3v) is 4.65.